The monoisotopic (exact) mass is 993 g/mol. The number of ether oxygens (including phenoxy) is 4. The number of aliphatic hydroxyl groups excluding tert-OH is 9. The van der Waals surface area contributed by atoms with Gasteiger partial charge in [-0.3, -0.25) is 9.59 Å². The number of rotatable bonds is 42. The second-order valence-corrected chi connectivity index (χ2v) is 20.0. The highest BCUT2D eigenvalue weighted by Gasteiger charge is 2.51. The van der Waals surface area contributed by atoms with Crippen LogP contribution in [0.5, 0.6) is 0 Å². The summed E-state index contributed by atoms with van der Waals surface area (Å²) < 4.78 is 23.1. The van der Waals surface area contributed by atoms with E-state index in [0.29, 0.717) is 12.8 Å². The first-order valence-corrected chi connectivity index (χ1v) is 27.4. The van der Waals surface area contributed by atoms with Crippen molar-refractivity contribution in [3.05, 3.63) is 0 Å². The topological polar surface area (TPSA) is 277 Å². The molecule has 69 heavy (non-hydrogen) atoms. The molecule has 11 N–H and O–H groups in total. The van der Waals surface area contributed by atoms with Crippen molar-refractivity contribution in [3.8, 4) is 0 Å². The summed E-state index contributed by atoms with van der Waals surface area (Å²) in [7, 11) is 0. The first kappa shape index (κ1) is 63.5. The van der Waals surface area contributed by atoms with E-state index in [4.69, 9.17) is 18.9 Å². The van der Waals surface area contributed by atoms with Gasteiger partial charge in [0.1, 0.15) is 61.0 Å². The minimum absolute atomic E-state index is 0.195. The molecule has 2 heterocycles. The molecule has 2 saturated heterocycles. The number of nitrogens with one attached hydrogen (secondary N) is 2. The summed E-state index contributed by atoms with van der Waals surface area (Å²) in [6, 6.07) is -2.71. The highest BCUT2D eigenvalue weighted by Crippen LogP contribution is 2.30. The van der Waals surface area contributed by atoms with Crippen molar-refractivity contribution in [3.63, 3.8) is 0 Å². The summed E-state index contributed by atoms with van der Waals surface area (Å²) in [6.45, 7) is 3.52. The molecule has 17 nitrogen and oxygen atoms in total. The summed E-state index contributed by atoms with van der Waals surface area (Å²) in [5.41, 5.74) is 0. The molecule has 0 aliphatic carbocycles. The van der Waals surface area contributed by atoms with Crippen molar-refractivity contribution in [2.45, 2.75) is 299 Å². The van der Waals surface area contributed by atoms with Crippen LogP contribution < -0.4 is 10.6 Å². The molecule has 0 saturated carbocycles. The van der Waals surface area contributed by atoms with Gasteiger partial charge in [0, 0.05) is 6.92 Å². The molecule has 0 aromatic heterocycles. The minimum atomic E-state index is -1.85. The Labute approximate surface area is 414 Å². The van der Waals surface area contributed by atoms with Crippen LogP contribution in [0, 0.1) is 0 Å². The molecule has 2 aliphatic heterocycles. The third kappa shape index (κ3) is 25.8. The van der Waals surface area contributed by atoms with Crippen LogP contribution in [-0.2, 0) is 28.5 Å². The Bertz CT molecular complexity index is 1270. The van der Waals surface area contributed by atoms with Gasteiger partial charge in [0.25, 0.3) is 0 Å². The first-order valence-electron chi connectivity index (χ1n) is 27.4. The molecule has 14 unspecified atom stereocenters. The fourth-order valence-electron chi connectivity index (χ4n) is 9.45. The third-order valence-corrected chi connectivity index (χ3v) is 13.9. The van der Waals surface area contributed by atoms with Crippen LogP contribution in [0.4, 0.5) is 0 Å². The smallest absolute Gasteiger partial charge is 0.249 e. The average Bonchev–Trinajstić information content (AvgIpc) is 3.33. The molecule has 2 amide bonds. The second-order valence-electron chi connectivity index (χ2n) is 20.0. The van der Waals surface area contributed by atoms with Gasteiger partial charge in [-0.1, -0.05) is 194 Å². The predicted molar refractivity (Wildman–Crippen MR) is 264 cm³/mol. The number of hydrogen-bond acceptors (Lipinski definition) is 15. The van der Waals surface area contributed by atoms with E-state index in [-0.39, 0.29) is 12.8 Å². The Morgan fingerprint density at radius 3 is 1.38 bits per heavy atom. The van der Waals surface area contributed by atoms with Gasteiger partial charge in [-0.05, 0) is 12.8 Å². The third-order valence-electron chi connectivity index (χ3n) is 13.9. The van der Waals surface area contributed by atoms with Crippen LogP contribution in [-0.4, -0.2) is 163 Å². The van der Waals surface area contributed by atoms with Gasteiger partial charge in [0.05, 0.1) is 32.0 Å². The second kappa shape index (κ2) is 39.0. The zero-order chi connectivity index (χ0) is 50.8. The molecule has 408 valence electrons. The van der Waals surface area contributed by atoms with Gasteiger partial charge >= 0.3 is 0 Å². The molecule has 0 aromatic carbocycles. The Balaban J connectivity index is 1.96. The maximum Gasteiger partial charge on any atom is 0.249 e. The van der Waals surface area contributed by atoms with Crippen molar-refractivity contribution in [1.29, 1.82) is 0 Å². The van der Waals surface area contributed by atoms with Gasteiger partial charge in [-0.2, -0.15) is 0 Å². The average molecular weight is 993 g/mol. The van der Waals surface area contributed by atoms with Crippen molar-refractivity contribution in [2.24, 2.45) is 0 Å². The standard InChI is InChI=1S/C52H100N2O15/c1-4-6-8-10-12-14-16-17-18-19-20-21-22-23-25-27-29-31-33-40(59)50(65)54-38(44(60)39(58)32-30-28-26-24-15-13-11-9-7-5-2)36-66-52-48(64)49(46(62)42(35-56)68-52)69-51-43(53-37(3)57)47(63)45(61)41(34-55)67-51/h38-49,51-52,55-56,58-64H,4-36H2,1-3H3,(H,53,57)(H,54,65). The summed E-state index contributed by atoms with van der Waals surface area (Å²) in [5, 5.41) is 102. The largest absolute Gasteiger partial charge is 0.394 e. The van der Waals surface area contributed by atoms with Crippen LogP contribution >= 0.6 is 0 Å². The van der Waals surface area contributed by atoms with E-state index in [2.05, 4.69) is 24.5 Å². The lowest BCUT2D eigenvalue weighted by molar-refractivity contribution is -0.348. The maximum atomic E-state index is 13.4. The fraction of sp³-hybridized carbons (Fsp3) is 0.962. The lowest BCUT2D eigenvalue weighted by atomic mass is 9.95. The molecule has 2 fully saturated rings. The van der Waals surface area contributed by atoms with Gasteiger partial charge in [0.2, 0.25) is 11.8 Å². The number of aliphatic hydroxyl groups is 9. The first-order chi connectivity index (χ1) is 33.3. The number of carbonyl (C=O) groups is 2. The van der Waals surface area contributed by atoms with Crippen molar-refractivity contribution in [1.82, 2.24) is 10.6 Å². The van der Waals surface area contributed by atoms with E-state index < -0.39 is 117 Å². The fourth-order valence-corrected chi connectivity index (χ4v) is 9.45. The molecule has 17 heteroatoms. The number of hydrogen-bond donors (Lipinski definition) is 11. The Hall–Kier alpha value is -1.58. The normalized spacial score (nSPS) is 26.9. The molecular formula is C52H100N2O15. The van der Waals surface area contributed by atoms with E-state index in [1.54, 1.807) is 0 Å². The lowest BCUT2D eigenvalue weighted by Gasteiger charge is -2.47. The number of unbranched alkanes of at least 4 members (excludes halogenated alkanes) is 26. The van der Waals surface area contributed by atoms with Crippen molar-refractivity contribution < 1.29 is 74.5 Å². The van der Waals surface area contributed by atoms with Crippen molar-refractivity contribution in [2.75, 3.05) is 19.8 Å². The molecule has 2 aliphatic rings. The number of carbonyl (C=O) groups excluding carboxylic acids is 2. The minimum Gasteiger partial charge on any atom is -0.394 e. The van der Waals surface area contributed by atoms with Crippen LogP contribution in [0.3, 0.4) is 0 Å². The van der Waals surface area contributed by atoms with E-state index in [0.717, 1.165) is 58.3 Å². The molecular weight excluding hydrogens is 893 g/mol. The summed E-state index contributed by atoms with van der Waals surface area (Å²) in [5.74, 6) is -1.40. The summed E-state index contributed by atoms with van der Waals surface area (Å²) >= 11 is 0. The molecule has 0 bridgehead atoms. The van der Waals surface area contributed by atoms with E-state index in [9.17, 15) is 55.5 Å². The Morgan fingerprint density at radius 2 is 0.942 bits per heavy atom. The van der Waals surface area contributed by atoms with Crippen LogP contribution in [0.2, 0.25) is 0 Å². The maximum absolute atomic E-state index is 13.4. The highest BCUT2D eigenvalue weighted by molar-refractivity contribution is 5.80. The van der Waals surface area contributed by atoms with Gasteiger partial charge in [-0.25, -0.2) is 0 Å². The summed E-state index contributed by atoms with van der Waals surface area (Å²) in [6.07, 6.45) is 14.4. The van der Waals surface area contributed by atoms with E-state index in [1.165, 1.54) is 116 Å². The molecule has 2 rings (SSSR count). The Morgan fingerprint density at radius 1 is 0.536 bits per heavy atom. The molecule has 0 aromatic rings. The molecule has 14 atom stereocenters. The quantitative estimate of drug-likeness (QED) is 0.0356. The zero-order valence-electron chi connectivity index (χ0n) is 42.9. The van der Waals surface area contributed by atoms with Crippen molar-refractivity contribution >= 4 is 11.8 Å². The lowest BCUT2D eigenvalue weighted by Crippen LogP contribution is -2.68. The molecule has 0 spiro atoms. The number of amides is 2. The van der Waals surface area contributed by atoms with E-state index >= 15 is 0 Å². The van der Waals surface area contributed by atoms with E-state index in [1.807, 2.05) is 0 Å². The van der Waals surface area contributed by atoms with Gasteiger partial charge < -0.3 is 75.5 Å². The summed E-state index contributed by atoms with van der Waals surface area (Å²) in [4.78, 5) is 25.4. The van der Waals surface area contributed by atoms with Crippen LogP contribution in [0.15, 0.2) is 0 Å². The zero-order valence-corrected chi connectivity index (χ0v) is 42.9. The van der Waals surface area contributed by atoms with Gasteiger partial charge in [-0.15, -0.1) is 0 Å². The molecule has 0 radical (unpaired) electrons. The van der Waals surface area contributed by atoms with Crippen LogP contribution in [0.1, 0.15) is 213 Å². The SMILES string of the molecule is CCCCCCCCCCCCCCCCCCCCC(O)C(=O)NC(COC1OC(CO)C(O)C(OC2OC(CO)C(O)C(O)C2NC(C)=O)C1O)C(O)C(O)CCCCCCCCCCCC. The van der Waals surface area contributed by atoms with Crippen LogP contribution in [0.25, 0.3) is 0 Å². The predicted octanol–water partition coefficient (Wildman–Crippen LogP) is 5.08. The Kier molecular flexibility index (Phi) is 35.9. The highest BCUT2D eigenvalue weighted by atomic mass is 16.7. The van der Waals surface area contributed by atoms with Gasteiger partial charge in [0.15, 0.2) is 12.6 Å².